The number of nitrogens with one attached hydrogen (secondary N) is 1. The predicted octanol–water partition coefficient (Wildman–Crippen LogP) is 2.26. The fourth-order valence-electron chi connectivity index (χ4n) is 0.628. The van der Waals surface area contributed by atoms with Crippen LogP contribution in [0.3, 0.4) is 0 Å². The Labute approximate surface area is 62.0 Å². The molecule has 50 valence electrons. The van der Waals surface area contributed by atoms with E-state index in [9.17, 15) is 0 Å². The quantitative estimate of drug-likeness (QED) is 0.572. The minimum atomic E-state index is 0. The summed E-state index contributed by atoms with van der Waals surface area (Å²) in [7, 11) is 1.90. The molecule has 0 spiro atoms. The first-order chi connectivity index (χ1) is 4.33. The summed E-state index contributed by atoms with van der Waals surface area (Å²) in [5.74, 6) is 0. The third-order valence-corrected chi connectivity index (χ3v) is 1.45. The lowest BCUT2D eigenvalue weighted by Gasteiger charge is -1.97. The van der Waals surface area contributed by atoms with Crippen LogP contribution < -0.4 is 5.32 Å². The van der Waals surface area contributed by atoms with Gasteiger partial charge in [-0.05, 0) is 24.3 Å². The van der Waals surface area contributed by atoms with Gasteiger partial charge in [0.05, 0.1) is 0 Å². The third kappa shape index (κ3) is 1.64. The number of hydrogen-bond donors (Lipinski definition) is 2. The van der Waals surface area contributed by atoms with Crippen LogP contribution in [-0.4, -0.2) is 7.05 Å². The molecule has 1 aromatic carbocycles. The smallest absolute Gasteiger partial charge is 0.0338 e. The molecule has 0 saturated carbocycles. The van der Waals surface area contributed by atoms with Crippen LogP contribution in [0.2, 0.25) is 0 Å². The zero-order valence-corrected chi connectivity index (χ0v) is 6.15. The highest BCUT2D eigenvalue weighted by Gasteiger charge is 1.84. The highest BCUT2D eigenvalue weighted by atomic mass is 32.1. The topological polar surface area (TPSA) is 12.0 Å². The Morgan fingerprint density at radius 3 is 2.33 bits per heavy atom. The highest BCUT2D eigenvalue weighted by molar-refractivity contribution is 7.80. The SMILES string of the molecule is CNc1ccc(S)cc1.[HH]. The maximum absolute atomic E-state index is 4.14. The van der Waals surface area contributed by atoms with Gasteiger partial charge in [0.25, 0.3) is 0 Å². The molecule has 0 heterocycles. The maximum Gasteiger partial charge on any atom is 0.0338 e. The number of benzene rings is 1. The van der Waals surface area contributed by atoms with Crippen LogP contribution in [0, 0.1) is 0 Å². The van der Waals surface area contributed by atoms with Gasteiger partial charge in [0.1, 0.15) is 0 Å². The molecule has 0 aromatic heterocycles. The second-order valence-corrected chi connectivity index (χ2v) is 2.31. The van der Waals surface area contributed by atoms with Crippen LogP contribution in [0.25, 0.3) is 0 Å². The first-order valence-electron chi connectivity index (χ1n) is 2.79. The lowest BCUT2D eigenvalue weighted by Crippen LogP contribution is -1.85. The van der Waals surface area contributed by atoms with Gasteiger partial charge in [0.15, 0.2) is 0 Å². The molecule has 1 N–H and O–H groups in total. The van der Waals surface area contributed by atoms with Crippen molar-refractivity contribution in [2.75, 3.05) is 12.4 Å². The van der Waals surface area contributed by atoms with Gasteiger partial charge in [-0.1, -0.05) is 0 Å². The average Bonchev–Trinajstić information content (AvgIpc) is 1.90. The highest BCUT2D eigenvalue weighted by Crippen LogP contribution is 2.10. The summed E-state index contributed by atoms with van der Waals surface area (Å²) in [6, 6.07) is 7.88. The van der Waals surface area contributed by atoms with Crippen molar-refractivity contribution < 1.29 is 1.43 Å². The molecule has 9 heavy (non-hydrogen) atoms. The first-order valence-corrected chi connectivity index (χ1v) is 3.24. The van der Waals surface area contributed by atoms with Crippen molar-refractivity contribution in [3.63, 3.8) is 0 Å². The van der Waals surface area contributed by atoms with Crippen molar-refractivity contribution in [1.29, 1.82) is 0 Å². The molecule has 0 aliphatic heterocycles. The molecule has 1 aromatic rings. The molecule has 0 fully saturated rings. The monoisotopic (exact) mass is 141 g/mol. The van der Waals surface area contributed by atoms with E-state index in [0.29, 0.717) is 0 Å². The van der Waals surface area contributed by atoms with Crippen LogP contribution in [0.1, 0.15) is 1.43 Å². The summed E-state index contributed by atoms with van der Waals surface area (Å²) >= 11 is 4.14. The Morgan fingerprint density at radius 1 is 1.33 bits per heavy atom. The maximum atomic E-state index is 4.14. The van der Waals surface area contributed by atoms with Gasteiger partial charge >= 0.3 is 0 Å². The molecule has 2 heteroatoms. The molecule has 1 nitrogen and oxygen atoms in total. The van der Waals surface area contributed by atoms with Crippen molar-refractivity contribution in [2.45, 2.75) is 4.90 Å². The molecule has 0 saturated heterocycles. The van der Waals surface area contributed by atoms with E-state index >= 15 is 0 Å². The van der Waals surface area contributed by atoms with E-state index < -0.39 is 0 Å². The van der Waals surface area contributed by atoms with Crippen molar-refractivity contribution in [3.05, 3.63) is 24.3 Å². The first kappa shape index (κ1) is 6.49. The van der Waals surface area contributed by atoms with E-state index in [-0.39, 0.29) is 1.43 Å². The van der Waals surface area contributed by atoms with Crippen LogP contribution in [0.15, 0.2) is 29.2 Å². The summed E-state index contributed by atoms with van der Waals surface area (Å²) < 4.78 is 0. The van der Waals surface area contributed by atoms with E-state index in [4.69, 9.17) is 0 Å². The minimum absolute atomic E-state index is 0. The molecule has 0 amide bonds. The minimum Gasteiger partial charge on any atom is -0.388 e. The van der Waals surface area contributed by atoms with Crippen molar-refractivity contribution in [1.82, 2.24) is 0 Å². The molecular weight excluding hydrogens is 130 g/mol. The standard InChI is InChI=1S/C7H9NS.H2/c1-8-6-2-4-7(9)5-3-6;/h2-5,8-9H,1H3;1H. The van der Waals surface area contributed by atoms with Crippen LogP contribution in [0.5, 0.6) is 0 Å². The number of anilines is 1. The number of thiol groups is 1. The van der Waals surface area contributed by atoms with Crippen LogP contribution in [-0.2, 0) is 0 Å². The second kappa shape index (κ2) is 2.78. The van der Waals surface area contributed by atoms with Gasteiger partial charge < -0.3 is 5.32 Å². The largest absolute Gasteiger partial charge is 0.388 e. The van der Waals surface area contributed by atoms with Crippen molar-refractivity contribution in [3.8, 4) is 0 Å². The summed E-state index contributed by atoms with van der Waals surface area (Å²) in [6.45, 7) is 0. The van der Waals surface area contributed by atoms with E-state index in [1.807, 2.05) is 31.3 Å². The summed E-state index contributed by atoms with van der Waals surface area (Å²) in [4.78, 5) is 0.994. The molecule has 0 unspecified atom stereocenters. The van der Waals surface area contributed by atoms with E-state index in [1.165, 1.54) is 0 Å². The van der Waals surface area contributed by atoms with Crippen LogP contribution in [0.4, 0.5) is 5.69 Å². The Balaban J connectivity index is 0.000000810. The summed E-state index contributed by atoms with van der Waals surface area (Å²) in [5.41, 5.74) is 1.12. The van der Waals surface area contributed by atoms with Gasteiger partial charge in [-0.2, -0.15) is 0 Å². The summed E-state index contributed by atoms with van der Waals surface area (Å²) in [5, 5.41) is 3.02. The predicted molar refractivity (Wildman–Crippen MR) is 45.4 cm³/mol. The van der Waals surface area contributed by atoms with Crippen molar-refractivity contribution >= 4 is 18.3 Å². The van der Waals surface area contributed by atoms with Crippen molar-refractivity contribution in [2.24, 2.45) is 0 Å². The fourth-order valence-corrected chi connectivity index (χ4v) is 0.777. The van der Waals surface area contributed by atoms with Crippen LogP contribution >= 0.6 is 12.6 Å². The third-order valence-electron chi connectivity index (χ3n) is 1.16. The van der Waals surface area contributed by atoms with E-state index in [1.54, 1.807) is 0 Å². The Morgan fingerprint density at radius 2 is 1.89 bits per heavy atom. The van der Waals surface area contributed by atoms with Gasteiger partial charge in [0, 0.05) is 19.1 Å². The Kier molecular flexibility index (Phi) is 2.01. The lowest BCUT2D eigenvalue weighted by molar-refractivity contribution is 1.43. The van der Waals surface area contributed by atoms with Gasteiger partial charge in [-0.3, -0.25) is 0 Å². The fraction of sp³-hybridized carbons (Fsp3) is 0.143. The zero-order chi connectivity index (χ0) is 6.69. The molecule has 1 rings (SSSR count). The Bertz CT molecular complexity index is 185. The van der Waals surface area contributed by atoms with Gasteiger partial charge in [-0.15, -0.1) is 12.6 Å². The van der Waals surface area contributed by atoms with Gasteiger partial charge in [0.2, 0.25) is 0 Å². The van der Waals surface area contributed by atoms with E-state index in [2.05, 4.69) is 17.9 Å². The average molecular weight is 141 g/mol. The number of rotatable bonds is 1. The van der Waals surface area contributed by atoms with Gasteiger partial charge in [-0.25, -0.2) is 0 Å². The summed E-state index contributed by atoms with van der Waals surface area (Å²) in [6.07, 6.45) is 0. The lowest BCUT2D eigenvalue weighted by atomic mass is 10.3. The normalized spacial score (nSPS) is 9.11. The number of hydrogen-bond acceptors (Lipinski definition) is 2. The molecule has 0 radical (unpaired) electrons. The molecule has 0 aliphatic carbocycles. The van der Waals surface area contributed by atoms with E-state index in [0.717, 1.165) is 10.6 Å². The Hall–Kier alpha value is -0.630. The molecule has 0 bridgehead atoms. The zero-order valence-electron chi connectivity index (χ0n) is 5.26. The molecule has 0 atom stereocenters. The molecular formula is C7H11NS. The molecule has 0 aliphatic rings. The second-order valence-electron chi connectivity index (χ2n) is 1.80.